The van der Waals surface area contributed by atoms with Crippen LogP contribution >= 0.6 is 12.4 Å². The number of nitrogens with zero attached hydrogens (tertiary/aromatic N) is 1. The Balaban J connectivity index is 0.00000370. The van der Waals surface area contributed by atoms with Gasteiger partial charge in [-0.15, -0.1) is 12.4 Å². The molecule has 2 heterocycles. The van der Waals surface area contributed by atoms with Crippen molar-refractivity contribution in [1.82, 2.24) is 20.9 Å². The molecule has 5 rings (SSSR count). The summed E-state index contributed by atoms with van der Waals surface area (Å²) >= 11 is 0. The second-order valence-electron chi connectivity index (χ2n) is 9.03. The maximum absolute atomic E-state index is 13.3. The number of aromatic amines is 1. The molecule has 4 amide bonds. The number of imide groups is 1. The number of amides is 4. The molecule has 40 heavy (non-hydrogen) atoms. The van der Waals surface area contributed by atoms with Crippen LogP contribution in [0.25, 0.3) is 21.8 Å². The number of hydrogen-bond acceptors (Lipinski definition) is 6. The molecule has 206 valence electrons. The van der Waals surface area contributed by atoms with E-state index in [9.17, 15) is 24.3 Å². The minimum absolute atomic E-state index is 0. The topological polar surface area (TPSA) is 205 Å². The predicted octanol–water partition coefficient (Wildman–Crippen LogP) is 1.66. The standard InChI is InChI=1S/C27H25N7O5.ClH/c28-27(29)31-8-2-7-30-23(36)14-4-1-3-13(9-14)12-32-24(37)18-11-17-21(26(39)34-25(17)38)20-16-10-15(35)5-6-19(16)33-22(18)20;/h1,3-6,9-11,33,35H,2,7-8,12H2,(H,30,36)(H,32,37)(H4,28,29,31)(H,34,38,39);1H. The molecular weight excluding hydrogens is 538 g/mol. The average Bonchev–Trinajstić information content (AvgIpc) is 3.42. The normalized spacial score (nSPS) is 12.0. The Kier molecular flexibility index (Phi) is 7.91. The highest BCUT2D eigenvalue weighted by molar-refractivity contribution is 6.32. The molecule has 0 bridgehead atoms. The molecule has 3 aromatic carbocycles. The fourth-order valence-electron chi connectivity index (χ4n) is 4.58. The van der Waals surface area contributed by atoms with Gasteiger partial charge in [0.1, 0.15) is 5.75 Å². The van der Waals surface area contributed by atoms with E-state index in [1.807, 2.05) is 0 Å². The number of fused-ring (bicyclic) bond motifs is 5. The number of nitrogens with two attached hydrogens (primary N) is 2. The lowest BCUT2D eigenvalue weighted by Gasteiger charge is -2.10. The lowest BCUT2D eigenvalue weighted by atomic mass is 9.97. The molecule has 0 atom stereocenters. The molecule has 1 aliphatic rings. The number of aliphatic imine (C=N–C) groups is 1. The summed E-state index contributed by atoms with van der Waals surface area (Å²) in [6.07, 6.45) is 0.575. The first-order chi connectivity index (χ1) is 18.7. The second-order valence-corrected chi connectivity index (χ2v) is 9.03. The van der Waals surface area contributed by atoms with Crippen LogP contribution in [0, 0.1) is 0 Å². The van der Waals surface area contributed by atoms with Crippen molar-refractivity contribution in [2.24, 2.45) is 16.5 Å². The molecule has 0 fully saturated rings. The first-order valence-electron chi connectivity index (χ1n) is 12.1. The van der Waals surface area contributed by atoms with Crippen molar-refractivity contribution in [2.75, 3.05) is 13.1 Å². The third-order valence-electron chi connectivity index (χ3n) is 6.36. The summed E-state index contributed by atoms with van der Waals surface area (Å²) in [6, 6.07) is 12.8. The van der Waals surface area contributed by atoms with E-state index in [0.29, 0.717) is 52.4 Å². The van der Waals surface area contributed by atoms with E-state index < -0.39 is 17.7 Å². The van der Waals surface area contributed by atoms with E-state index in [1.54, 1.807) is 30.3 Å². The number of hydrogen-bond donors (Lipinski definition) is 7. The predicted molar refractivity (Wildman–Crippen MR) is 152 cm³/mol. The Morgan fingerprint density at radius 2 is 1.77 bits per heavy atom. The van der Waals surface area contributed by atoms with Crippen LogP contribution in [0.2, 0.25) is 0 Å². The maximum Gasteiger partial charge on any atom is 0.259 e. The zero-order chi connectivity index (χ0) is 27.7. The highest BCUT2D eigenvalue weighted by Crippen LogP contribution is 2.36. The number of phenolic OH excluding ortho intramolecular Hbond substituents is 1. The third kappa shape index (κ3) is 5.38. The zero-order valence-corrected chi connectivity index (χ0v) is 21.9. The van der Waals surface area contributed by atoms with Crippen LogP contribution in [0.3, 0.4) is 0 Å². The molecule has 0 spiro atoms. The molecule has 0 saturated carbocycles. The van der Waals surface area contributed by atoms with Gasteiger partial charge in [0.25, 0.3) is 23.6 Å². The van der Waals surface area contributed by atoms with Crippen molar-refractivity contribution in [3.8, 4) is 5.75 Å². The SMILES string of the molecule is Cl.NC(N)=NCCCNC(=O)c1cccc(CNC(=O)c2cc3c(c4c2[nH]c2ccc(O)cc24)C(=O)NC3=O)c1. The fraction of sp³-hybridized carbons (Fsp3) is 0.148. The van der Waals surface area contributed by atoms with Crippen molar-refractivity contribution in [3.63, 3.8) is 0 Å². The minimum atomic E-state index is -0.600. The monoisotopic (exact) mass is 563 g/mol. The zero-order valence-electron chi connectivity index (χ0n) is 21.0. The lowest BCUT2D eigenvalue weighted by Crippen LogP contribution is -2.27. The number of phenols is 1. The van der Waals surface area contributed by atoms with Crippen LogP contribution in [0.5, 0.6) is 5.75 Å². The lowest BCUT2D eigenvalue weighted by molar-refractivity contribution is 0.0877. The third-order valence-corrected chi connectivity index (χ3v) is 6.36. The molecular formula is C27H26ClN7O5. The van der Waals surface area contributed by atoms with Gasteiger partial charge in [-0.3, -0.25) is 29.5 Å². The van der Waals surface area contributed by atoms with E-state index in [-0.39, 0.29) is 53.3 Å². The van der Waals surface area contributed by atoms with Gasteiger partial charge in [0.15, 0.2) is 5.96 Å². The number of carbonyl (C=O) groups is 4. The summed E-state index contributed by atoms with van der Waals surface area (Å²) in [5, 5.41) is 18.8. The first kappa shape index (κ1) is 27.9. The summed E-state index contributed by atoms with van der Waals surface area (Å²) in [5.74, 6) is -1.95. The van der Waals surface area contributed by atoms with Crippen LogP contribution in [0.15, 0.2) is 53.5 Å². The van der Waals surface area contributed by atoms with E-state index in [2.05, 4.69) is 25.9 Å². The molecule has 12 nitrogen and oxygen atoms in total. The van der Waals surface area contributed by atoms with E-state index >= 15 is 0 Å². The van der Waals surface area contributed by atoms with Crippen LogP contribution in [-0.2, 0) is 6.54 Å². The number of benzene rings is 3. The fourth-order valence-corrected chi connectivity index (χ4v) is 4.58. The van der Waals surface area contributed by atoms with Gasteiger partial charge < -0.3 is 32.2 Å². The van der Waals surface area contributed by atoms with Gasteiger partial charge in [-0.2, -0.15) is 0 Å². The number of H-pyrrole nitrogens is 1. The van der Waals surface area contributed by atoms with Gasteiger partial charge in [-0.1, -0.05) is 12.1 Å². The van der Waals surface area contributed by atoms with Gasteiger partial charge in [-0.25, -0.2) is 0 Å². The highest BCUT2D eigenvalue weighted by atomic mass is 35.5. The maximum atomic E-state index is 13.3. The number of guanidine groups is 1. The van der Waals surface area contributed by atoms with E-state index in [4.69, 9.17) is 11.5 Å². The highest BCUT2D eigenvalue weighted by Gasteiger charge is 2.33. The molecule has 0 saturated heterocycles. The van der Waals surface area contributed by atoms with Gasteiger partial charge in [-0.05, 0) is 48.4 Å². The molecule has 4 aromatic rings. The Labute approximate surface area is 233 Å². The first-order valence-corrected chi connectivity index (χ1v) is 12.1. The quantitative estimate of drug-likeness (QED) is 0.0729. The summed E-state index contributed by atoms with van der Waals surface area (Å²) in [7, 11) is 0. The summed E-state index contributed by atoms with van der Waals surface area (Å²) in [5.41, 5.74) is 13.0. The smallest absolute Gasteiger partial charge is 0.259 e. The van der Waals surface area contributed by atoms with Crippen LogP contribution in [0.1, 0.15) is 53.4 Å². The summed E-state index contributed by atoms with van der Waals surface area (Å²) < 4.78 is 0. The molecule has 13 heteroatoms. The minimum Gasteiger partial charge on any atom is -0.508 e. The number of halogens is 1. The van der Waals surface area contributed by atoms with Crippen LogP contribution in [-0.4, -0.2) is 52.8 Å². The van der Waals surface area contributed by atoms with Crippen molar-refractivity contribution in [1.29, 1.82) is 0 Å². The second kappa shape index (κ2) is 11.3. The molecule has 1 aromatic heterocycles. The van der Waals surface area contributed by atoms with Gasteiger partial charge in [0, 0.05) is 41.5 Å². The van der Waals surface area contributed by atoms with Crippen molar-refractivity contribution >= 4 is 63.8 Å². The summed E-state index contributed by atoms with van der Waals surface area (Å²) in [4.78, 5) is 57.9. The Hall–Kier alpha value is -5.10. The largest absolute Gasteiger partial charge is 0.508 e. The molecule has 1 aliphatic heterocycles. The number of aromatic hydroxyl groups is 1. The van der Waals surface area contributed by atoms with Crippen molar-refractivity contribution in [3.05, 3.63) is 76.3 Å². The Morgan fingerprint density at radius 3 is 2.55 bits per heavy atom. The van der Waals surface area contributed by atoms with E-state index in [0.717, 1.165) is 0 Å². The number of carbonyl (C=O) groups excluding carboxylic acids is 4. The number of aromatic nitrogens is 1. The molecule has 9 N–H and O–H groups in total. The number of nitrogens with one attached hydrogen (secondary N) is 4. The van der Waals surface area contributed by atoms with Crippen LogP contribution < -0.4 is 27.4 Å². The van der Waals surface area contributed by atoms with Crippen molar-refractivity contribution < 1.29 is 24.3 Å². The van der Waals surface area contributed by atoms with Crippen LogP contribution in [0.4, 0.5) is 0 Å². The van der Waals surface area contributed by atoms with E-state index in [1.165, 1.54) is 18.2 Å². The molecule has 0 unspecified atom stereocenters. The number of rotatable bonds is 8. The Bertz CT molecular complexity index is 1710. The summed E-state index contributed by atoms with van der Waals surface area (Å²) in [6.45, 7) is 0.899. The van der Waals surface area contributed by atoms with Gasteiger partial charge >= 0.3 is 0 Å². The van der Waals surface area contributed by atoms with Gasteiger partial charge in [0.05, 0.1) is 22.2 Å². The molecule has 0 aliphatic carbocycles. The van der Waals surface area contributed by atoms with Crippen molar-refractivity contribution in [2.45, 2.75) is 13.0 Å². The molecule has 0 radical (unpaired) electrons. The Morgan fingerprint density at radius 1 is 0.975 bits per heavy atom. The van der Waals surface area contributed by atoms with Gasteiger partial charge in [0.2, 0.25) is 0 Å². The average molecular weight is 564 g/mol.